The number of benzene rings is 1. The van der Waals surface area contributed by atoms with Gasteiger partial charge in [-0.05, 0) is 26.3 Å². The highest BCUT2D eigenvalue weighted by atomic mass is 16.5. The molecule has 0 amide bonds. The first-order chi connectivity index (χ1) is 10.1. The van der Waals surface area contributed by atoms with Crippen molar-refractivity contribution in [2.45, 2.75) is 32.9 Å². The van der Waals surface area contributed by atoms with Crippen LogP contribution in [0.5, 0.6) is 0 Å². The molecule has 0 aliphatic carbocycles. The van der Waals surface area contributed by atoms with Crippen molar-refractivity contribution < 1.29 is 4.52 Å². The molecule has 2 heterocycles. The molecule has 5 nitrogen and oxygen atoms in total. The number of hydrogen-bond acceptors (Lipinski definition) is 5. The molecule has 2 aromatic rings. The molecule has 1 saturated heterocycles. The summed E-state index contributed by atoms with van der Waals surface area (Å²) in [7, 11) is 0. The molecule has 0 bridgehead atoms. The van der Waals surface area contributed by atoms with Gasteiger partial charge in [0.1, 0.15) is 0 Å². The summed E-state index contributed by atoms with van der Waals surface area (Å²) in [5.74, 6) is 1.36. The van der Waals surface area contributed by atoms with Gasteiger partial charge in [0.25, 0.3) is 0 Å². The molecule has 1 N–H and O–H groups in total. The normalized spacial score (nSPS) is 18.8. The Kier molecular flexibility index (Phi) is 3.78. The third-order valence-electron chi connectivity index (χ3n) is 4.15. The summed E-state index contributed by atoms with van der Waals surface area (Å²) in [5, 5.41) is 7.55. The number of rotatable bonds is 3. The molecule has 1 aliphatic rings. The second-order valence-electron chi connectivity index (χ2n) is 6.24. The van der Waals surface area contributed by atoms with Crippen molar-refractivity contribution in [3.8, 4) is 11.4 Å². The number of nitrogens with one attached hydrogen (secondary N) is 1. The van der Waals surface area contributed by atoms with E-state index in [9.17, 15) is 0 Å². The van der Waals surface area contributed by atoms with Gasteiger partial charge < -0.3 is 9.84 Å². The maximum atomic E-state index is 5.45. The Morgan fingerprint density at radius 3 is 2.90 bits per heavy atom. The van der Waals surface area contributed by atoms with Crippen molar-refractivity contribution in [2.24, 2.45) is 0 Å². The van der Waals surface area contributed by atoms with Crippen LogP contribution in [0.15, 0.2) is 28.8 Å². The number of aryl methyl sites for hydroxylation is 1. The van der Waals surface area contributed by atoms with Crippen molar-refractivity contribution in [3.63, 3.8) is 0 Å². The van der Waals surface area contributed by atoms with E-state index >= 15 is 0 Å². The van der Waals surface area contributed by atoms with Crippen LogP contribution in [0.3, 0.4) is 0 Å². The lowest BCUT2D eigenvalue weighted by atomic mass is 10.0. The van der Waals surface area contributed by atoms with Gasteiger partial charge in [0, 0.05) is 30.7 Å². The Morgan fingerprint density at radius 2 is 2.14 bits per heavy atom. The summed E-state index contributed by atoms with van der Waals surface area (Å²) in [4.78, 5) is 6.95. The fourth-order valence-corrected chi connectivity index (χ4v) is 2.73. The lowest BCUT2D eigenvalue weighted by Gasteiger charge is -2.41. The van der Waals surface area contributed by atoms with E-state index < -0.39 is 0 Å². The molecule has 1 aromatic heterocycles. The molecule has 0 spiro atoms. The second-order valence-corrected chi connectivity index (χ2v) is 6.24. The fourth-order valence-electron chi connectivity index (χ4n) is 2.73. The highest BCUT2D eigenvalue weighted by molar-refractivity contribution is 5.58. The molecule has 112 valence electrons. The van der Waals surface area contributed by atoms with Crippen LogP contribution in [0.25, 0.3) is 11.4 Å². The van der Waals surface area contributed by atoms with Gasteiger partial charge in [-0.2, -0.15) is 4.98 Å². The Morgan fingerprint density at radius 1 is 1.33 bits per heavy atom. The Hall–Kier alpha value is -1.72. The van der Waals surface area contributed by atoms with E-state index in [1.807, 2.05) is 18.2 Å². The quantitative estimate of drug-likeness (QED) is 0.937. The van der Waals surface area contributed by atoms with Crippen molar-refractivity contribution in [1.82, 2.24) is 20.4 Å². The maximum Gasteiger partial charge on any atom is 0.241 e. The van der Waals surface area contributed by atoms with Gasteiger partial charge in [-0.1, -0.05) is 29.4 Å². The van der Waals surface area contributed by atoms with Crippen molar-refractivity contribution in [3.05, 3.63) is 35.7 Å². The summed E-state index contributed by atoms with van der Waals surface area (Å²) in [6, 6.07) is 8.10. The number of aromatic nitrogens is 2. The van der Waals surface area contributed by atoms with Gasteiger partial charge in [-0.3, -0.25) is 4.90 Å². The molecule has 1 fully saturated rings. The average molecular weight is 286 g/mol. The molecule has 3 rings (SSSR count). The highest BCUT2D eigenvalue weighted by Gasteiger charge is 2.30. The van der Waals surface area contributed by atoms with E-state index in [-0.39, 0.29) is 5.54 Å². The largest absolute Gasteiger partial charge is 0.338 e. The van der Waals surface area contributed by atoms with Crippen LogP contribution in [0.2, 0.25) is 0 Å². The minimum atomic E-state index is 0.107. The van der Waals surface area contributed by atoms with E-state index in [0.717, 1.165) is 30.8 Å². The predicted octanol–water partition coefficient (Wildman–Crippen LogP) is 2.23. The van der Waals surface area contributed by atoms with Crippen LogP contribution in [0.4, 0.5) is 0 Å². The molecule has 5 heteroatoms. The van der Waals surface area contributed by atoms with E-state index in [1.54, 1.807) is 0 Å². The second kappa shape index (κ2) is 5.58. The third kappa shape index (κ3) is 2.99. The van der Waals surface area contributed by atoms with Crippen LogP contribution >= 0.6 is 0 Å². The van der Waals surface area contributed by atoms with Crippen molar-refractivity contribution in [2.75, 3.05) is 19.6 Å². The summed E-state index contributed by atoms with van der Waals surface area (Å²) in [6.45, 7) is 10.2. The lowest BCUT2D eigenvalue weighted by molar-refractivity contribution is 0.0711. The number of hydrogen-bond donors (Lipinski definition) is 1. The Balaban J connectivity index is 1.78. The summed E-state index contributed by atoms with van der Waals surface area (Å²) in [5.41, 5.74) is 2.30. The average Bonchev–Trinajstić information content (AvgIpc) is 2.90. The van der Waals surface area contributed by atoms with Gasteiger partial charge >= 0.3 is 0 Å². The van der Waals surface area contributed by atoms with Crippen LogP contribution < -0.4 is 5.32 Å². The van der Waals surface area contributed by atoms with Gasteiger partial charge in [-0.25, -0.2) is 0 Å². The van der Waals surface area contributed by atoms with Crippen molar-refractivity contribution >= 4 is 0 Å². The molecule has 0 saturated carbocycles. The monoisotopic (exact) mass is 286 g/mol. The standard InChI is InChI=1S/C16H22N4O/c1-12-6-4-5-7-13(12)15-18-14(21-19-15)10-20-9-8-17-11-16(20,2)3/h4-7,17H,8-11H2,1-3H3. The van der Waals surface area contributed by atoms with Crippen LogP contribution in [0.1, 0.15) is 25.3 Å². The molecular weight excluding hydrogens is 264 g/mol. The minimum Gasteiger partial charge on any atom is -0.338 e. The Labute approximate surface area is 125 Å². The van der Waals surface area contributed by atoms with Crippen LogP contribution in [-0.2, 0) is 6.54 Å². The van der Waals surface area contributed by atoms with Gasteiger partial charge in [0.05, 0.1) is 6.54 Å². The zero-order valence-corrected chi connectivity index (χ0v) is 12.9. The van der Waals surface area contributed by atoms with E-state index in [2.05, 4.69) is 47.2 Å². The van der Waals surface area contributed by atoms with Crippen LogP contribution in [-0.4, -0.2) is 40.2 Å². The van der Waals surface area contributed by atoms with E-state index in [1.165, 1.54) is 0 Å². The summed E-state index contributed by atoms with van der Waals surface area (Å²) >= 11 is 0. The molecule has 0 radical (unpaired) electrons. The molecule has 1 aromatic carbocycles. The molecule has 0 unspecified atom stereocenters. The lowest BCUT2D eigenvalue weighted by Crippen LogP contribution is -2.57. The topological polar surface area (TPSA) is 54.2 Å². The first kappa shape index (κ1) is 14.2. The molecular formula is C16H22N4O. The predicted molar refractivity (Wildman–Crippen MR) is 81.8 cm³/mol. The van der Waals surface area contributed by atoms with Crippen molar-refractivity contribution in [1.29, 1.82) is 0 Å². The summed E-state index contributed by atoms with van der Waals surface area (Å²) < 4.78 is 5.45. The first-order valence-electron chi connectivity index (χ1n) is 7.41. The first-order valence-corrected chi connectivity index (χ1v) is 7.41. The van der Waals surface area contributed by atoms with E-state index in [4.69, 9.17) is 4.52 Å². The molecule has 21 heavy (non-hydrogen) atoms. The fraction of sp³-hybridized carbons (Fsp3) is 0.500. The molecule has 1 aliphatic heterocycles. The van der Waals surface area contributed by atoms with Gasteiger partial charge in [-0.15, -0.1) is 0 Å². The zero-order chi connectivity index (χ0) is 14.9. The number of nitrogens with zero attached hydrogens (tertiary/aromatic N) is 3. The smallest absolute Gasteiger partial charge is 0.241 e. The maximum absolute atomic E-state index is 5.45. The SMILES string of the molecule is Cc1ccccc1-c1noc(CN2CCNCC2(C)C)n1. The van der Waals surface area contributed by atoms with E-state index in [0.29, 0.717) is 18.3 Å². The van der Waals surface area contributed by atoms with Crippen LogP contribution in [0, 0.1) is 6.92 Å². The molecule has 0 atom stereocenters. The number of piperazine rings is 1. The van der Waals surface area contributed by atoms with Gasteiger partial charge in [0.2, 0.25) is 11.7 Å². The summed E-state index contributed by atoms with van der Waals surface area (Å²) in [6.07, 6.45) is 0. The minimum absolute atomic E-state index is 0.107. The third-order valence-corrected chi connectivity index (χ3v) is 4.15. The highest BCUT2D eigenvalue weighted by Crippen LogP contribution is 2.22. The Bertz CT molecular complexity index is 620. The van der Waals surface area contributed by atoms with Gasteiger partial charge in [0.15, 0.2) is 0 Å². The zero-order valence-electron chi connectivity index (χ0n) is 12.9.